The lowest BCUT2D eigenvalue weighted by Crippen LogP contribution is -2.18. The molecule has 2 atom stereocenters. The van der Waals surface area contributed by atoms with Crippen molar-refractivity contribution in [3.63, 3.8) is 0 Å². The third-order valence-corrected chi connectivity index (χ3v) is 4.50. The van der Waals surface area contributed by atoms with Crippen molar-refractivity contribution in [1.82, 2.24) is 4.98 Å². The monoisotopic (exact) mass is 309 g/mol. The van der Waals surface area contributed by atoms with Crippen molar-refractivity contribution >= 4 is 17.1 Å². The highest BCUT2D eigenvalue weighted by Gasteiger charge is 2.27. The van der Waals surface area contributed by atoms with Crippen LogP contribution in [-0.2, 0) is 4.79 Å². The third kappa shape index (κ3) is 3.21. The number of benzene rings is 1. The fourth-order valence-corrected chi connectivity index (χ4v) is 2.87. The summed E-state index contributed by atoms with van der Waals surface area (Å²) in [6.45, 7) is 3.77. The maximum atomic E-state index is 12.2. The fourth-order valence-electron chi connectivity index (χ4n) is 1.99. The Labute approximate surface area is 133 Å². The first-order valence-electron chi connectivity index (χ1n) is 7.00. The number of carbonyl (C=O) groups is 1. The average molecular weight is 309 g/mol. The second-order valence-electron chi connectivity index (χ2n) is 5.03. The minimum atomic E-state index is -0.799. The van der Waals surface area contributed by atoms with Gasteiger partial charge in [0.05, 0.1) is 23.4 Å². The quantitative estimate of drug-likeness (QED) is 0.839. The SMILES string of the molecule is CCC(C)C(=O)C(C#N)c1nc(-c2ccc(C#N)cc2)cs1. The van der Waals surface area contributed by atoms with Gasteiger partial charge in [0.1, 0.15) is 5.01 Å². The molecule has 0 aliphatic heterocycles. The van der Waals surface area contributed by atoms with Crippen LogP contribution in [0.3, 0.4) is 0 Å². The first kappa shape index (κ1) is 15.9. The molecule has 0 amide bonds. The van der Waals surface area contributed by atoms with E-state index in [1.807, 2.05) is 31.4 Å². The zero-order valence-corrected chi connectivity index (χ0v) is 13.2. The van der Waals surface area contributed by atoms with E-state index in [9.17, 15) is 10.1 Å². The lowest BCUT2D eigenvalue weighted by atomic mass is 9.93. The van der Waals surface area contributed by atoms with Crippen LogP contribution < -0.4 is 0 Å². The van der Waals surface area contributed by atoms with Crippen LogP contribution in [0.15, 0.2) is 29.6 Å². The summed E-state index contributed by atoms with van der Waals surface area (Å²) in [5, 5.41) is 20.5. The van der Waals surface area contributed by atoms with Crippen molar-refractivity contribution in [3.05, 3.63) is 40.2 Å². The highest BCUT2D eigenvalue weighted by molar-refractivity contribution is 7.10. The van der Waals surface area contributed by atoms with E-state index in [1.165, 1.54) is 11.3 Å². The normalized spacial score (nSPS) is 12.9. The van der Waals surface area contributed by atoms with Crippen molar-refractivity contribution in [1.29, 1.82) is 10.5 Å². The van der Waals surface area contributed by atoms with Crippen LogP contribution in [0, 0.1) is 28.6 Å². The molecule has 0 saturated carbocycles. The molecule has 2 unspecified atom stereocenters. The second-order valence-corrected chi connectivity index (χ2v) is 5.92. The van der Waals surface area contributed by atoms with Gasteiger partial charge >= 0.3 is 0 Å². The number of ketones is 1. The highest BCUT2D eigenvalue weighted by atomic mass is 32.1. The number of thiazole rings is 1. The van der Waals surface area contributed by atoms with E-state index in [4.69, 9.17) is 5.26 Å². The summed E-state index contributed by atoms with van der Waals surface area (Å²) in [6, 6.07) is 11.2. The number of nitrogens with zero attached hydrogens (tertiary/aromatic N) is 3. The summed E-state index contributed by atoms with van der Waals surface area (Å²) in [7, 11) is 0. The van der Waals surface area contributed by atoms with Crippen LogP contribution in [0.25, 0.3) is 11.3 Å². The van der Waals surface area contributed by atoms with Gasteiger partial charge in [-0.2, -0.15) is 10.5 Å². The van der Waals surface area contributed by atoms with Crippen molar-refractivity contribution in [2.24, 2.45) is 5.92 Å². The maximum Gasteiger partial charge on any atom is 0.159 e. The van der Waals surface area contributed by atoms with Gasteiger partial charge in [-0.15, -0.1) is 11.3 Å². The summed E-state index contributed by atoms with van der Waals surface area (Å²) in [5.74, 6) is -1.02. The topological polar surface area (TPSA) is 77.5 Å². The molecule has 1 heterocycles. The summed E-state index contributed by atoms with van der Waals surface area (Å²) >= 11 is 1.32. The first-order valence-corrected chi connectivity index (χ1v) is 7.88. The van der Waals surface area contributed by atoms with Crippen molar-refractivity contribution in [3.8, 4) is 23.4 Å². The third-order valence-electron chi connectivity index (χ3n) is 3.59. The molecule has 2 rings (SSSR count). The van der Waals surface area contributed by atoms with Crippen LogP contribution in [0.1, 0.15) is 36.8 Å². The molecule has 0 radical (unpaired) electrons. The molecule has 1 aromatic heterocycles. The van der Waals surface area contributed by atoms with E-state index in [1.54, 1.807) is 12.1 Å². The Hall–Kier alpha value is -2.50. The predicted molar refractivity (Wildman–Crippen MR) is 85.1 cm³/mol. The summed E-state index contributed by atoms with van der Waals surface area (Å²) in [5.41, 5.74) is 2.18. The summed E-state index contributed by atoms with van der Waals surface area (Å²) in [6.07, 6.45) is 0.713. The van der Waals surface area contributed by atoms with Gasteiger partial charge in [-0.05, 0) is 18.6 Å². The largest absolute Gasteiger partial charge is 0.297 e. The van der Waals surface area contributed by atoms with Gasteiger partial charge in [-0.3, -0.25) is 4.79 Å². The fraction of sp³-hybridized carbons (Fsp3) is 0.294. The Morgan fingerprint density at radius 1 is 1.32 bits per heavy atom. The lowest BCUT2D eigenvalue weighted by Gasteiger charge is -2.10. The van der Waals surface area contributed by atoms with Gasteiger partial charge in [0.25, 0.3) is 0 Å². The molecule has 0 fully saturated rings. The molecule has 1 aromatic carbocycles. The molecule has 0 bridgehead atoms. The standard InChI is InChI=1S/C17H15N3OS/c1-3-11(2)16(21)14(9-19)17-20-15(10-22-17)13-6-4-12(8-18)5-7-13/h4-7,10-11,14H,3H2,1-2H3. The van der Waals surface area contributed by atoms with Gasteiger partial charge in [0.2, 0.25) is 0 Å². The highest BCUT2D eigenvalue weighted by Crippen LogP contribution is 2.29. The molecular weight excluding hydrogens is 294 g/mol. The van der Waals surface area contributed by atoms with E-state index in [0.29, 0.717) is 17.0 Å². The minimum Gasteiger partial charge on any atom is -0.297 e. The van der Waals surface area contributed by atoms with Crippen molar-refractivity contribution in [2.75, 3.05) is 0 Å². The molecule has 110 valence electrons. The van der Waals surface area contributed by atoms with Crippen LogP contribution >= 0.6 is 11.3 Å². The Balaban J connectivity index is 2.28. The zero-order chi connectivity index (χ0) is 16.1. The van der Waals surface area contributed by atoms with Crippen LogP contribution in [-0.4, -0.2) is 10.8 Å². The van der Waals surface area contributed by atoms with E-state index in [2.05, 4.69) is 17.1 Å². The minimum absolute atomic E-state index is 0.0780. The molecule has 4 nitrogen and oxygen atoms in total. The van der Waals surface area contributed by atoms with Gasteiger partial charge in [-0.1, -0.05) is 26.0 Å². The smallest absolute Gasteiger partial charge is 0.159 e. The molecule has 0 N–H and O–H groups in total. The van der Waals surface area contributed by atoms with Gasteiger partial charge in [0.15, 0.2) is 11.7 Å². The maximum absolute atomic E-state index is 12.2. The number of rotatable bonds is 5. The Bertz CT molecular complexity index is 749. The predicted octanol–water partition coefficient (Wildman–Crippen LogP) is 3.90. The molecule has 2 aromatic rings. The van der Waals surface area contributed by atoms with Crippen molar-refractivity contribution < 1.29 is 4.79 Å². The van der Waals surface area contributed by atoms with E-state index in [-0.39, 0.29) is 11.7 Å². The molecule has 0 saturated heterocycles. The van der Waals surface area contributed by atoms with Gasteiger partial charge in [0, 0.05) is 16.9 Å². The van der Waals surface area contributed by atoms with E-state index < -0.39 is 5.92 Å². The average Bonchev–Trinajstić information content (AvgIpc) is 3.04. The van der Waals surface area contributed by atoms with Crippen molar-refractivity contribution in [2.45, 2.75) is 26.2 Å². The molecule has 0 aliphatic rings. The Morgan fingerprint density at radius 3 is 2.55 bits per heavy atom. The lowest BCUT2D eigenvalue weighted by molar-refractivity contribution is -0.122. The number of hydrogen-bond donors (Lipinski definition) is 0. The zero-order valence-electron chi connectivity index (χ0n) is 12.4. The number of carbonyl (C=O) groups excluding carboxylic acids is 1. The van der Waals surface area contributed by atoms with Crippen LogP contribution in [0.2, 0.25) is 0 Å². The number of Topliss-reactive ketones (excluding diaryl/α,β-unsaturated/α-hetero) is 1. The van der Waals surface area contributed by atoms with Gasteiger partial charge in [-0.25, -0.2) is 4.98 Å². The molecular formula is C17H15N3OS. The number of hydrogen-bond acceptors (Lipinski definition) is 5. The Kier molecular flexibility index (Phi) is 5.04. The first-order chi connectivity index (χ1) is 10.6. The van der Waals surface area contributed by atoms with Crippen LogP contribution in [0.4, 0.5) is 0 Å². The molecule has 0 spiro atoms. The summed E-state index contributed by atoms with van der Waals surface area (Å²) in [4.78, 5) is 16.7. The molecule has 0 aliphatic carbocycles. The molecule has 22 heavy (non-hydrogen) atoms. The van der Waals surface area contributed by atoms with Gasteiger partial charge < -0.3 is 0 Å². The number of aromatic nitrogens is 1. The van der Waals surface area contributed by atoms with E-state index >= 15 is 0 Å². The number of nitriles is 2. The molecule has 5 heteroatoms. The summed E-state index contributed by atoms with van der Waals surface area (Å²) < 4.78 is 0. The van der Waals surface area contributed by atoms with Crippen LogP contribution in [0.5, 0.6) is 0 Å². The second kappa shape index (κ2) is 6.98. The Morgan fingerprint density at radius 2 is 2.00 bits per heavy atom. The van der Waals surface area contributed by atoms with E-state index in [0.717, 1.165) is 11.3 Å².